The predicted octanol–water partition coefficient (Wildman–Crippen LogP) is 0.0763. The molecule has 90 valence electrons. The second kappa shape index (κ2) is 4.61. The van der Waals surface area contributed by atoms with E-state index < -0.39 is 32.7 Å². The Morgan fingerprint density at radius 2 is 2.25 bits per heavy atom. The molecule has 1 saturated heterocycles. The number of nitriles is 1. The molecule has 1 aliphatic rings. The SMILES string of the molecule is CC1SCC(C(=O)O)N1S(=O)(=O)C(C)C#N. The molecule has 0 saturated carbocycles. The van der Waals surface area contributed by atoms with Gasteiger partial charge in [-0.3, -0.25) is 4.79 Å². The first-order valence-corrected chi connectivity index (χ1v) is 7.14. The van der Waals surface area contributed by atoms with Gasteiger partial charge in [0.05, 0.1) is 11.4 Å². The van der Waals surface area contributed by atoms with Crippen LogP contribution < -0.4 is 0 Å². The molecule has 0 aromatic carbocycles. The Kier molecular flexibility index (Phi) is 3.83. The maximum Gasteiger partial charge on any atom is 0.322 e. The highest BCUT2D eigenvalue weighted by Crippen LogP contribution is 2.32. The lowest BCUT2D eigenvalue weighted by molar-refractivity contribution is -0.140. The second-order valence-electron chi connectivity index (χ2n) is 3.43. The van der Waals surface area contributed by atoms with Gasteiger partial charge in [0.1, 0.15) is 6.04 Å². The van der Waals surface area contributed by atoms with Crippen molar-refractivity contribution in [3.05, 3.63) is 0 Å². The molecule has 3 unspecified atom stereocenters. The monoisotopic (exact) mass is 264 g/mol. The fourth-order valence-electron chi connectivity index (χ4n) is 1.44. The Morgan fingerprint density at radius 1 is 1.69 bits per heavy atom. The maximum atomic E-state index is 11.9. The van der Waals surface area contributed by atoms with Crippen molar-refractivity contribution in [1.29, 1.82) is 5.26 Å². The van der Waals surface area contributed by atoms with Gasteiger partial charge in [-0.15, -0.1) is 11.8 Å². The van der Waals surface area contributed by atoms with Gasteiger partial charge < -0.3 is 5.11 Å². The van der Waals surface area contributed by atoms with E-state index in [4.69, 9.17) is 10.4 Å². The fourth-order valence-corrected chi connectivity index (χ4v) is 4.57. The Hall–Kier alpha value is -0.780. The van der Waals surface area contributed by atoms with Crippen LogP contribution in [0.3, 0.4) is 0 Å². The second-order valence-corrected chi connectivity index (χ2v) is 6.94. The summed E-state index contributed by atoms with van der Waals surface area (Å²) in [5, 5.41) is 15.9. The third-order valence-corrected chi connectivity index (χ3v) is 5.88. The van der Waals surface area contributed by atoms with E-state index in [1.54, 1.807) is 13.0 Å². The van der Waals surface area contributed by atoms with Crippen LogP contribution >= 0.6 is 11.8 Å². The molecule has 1 aliphatic heterocycles. The van der Waals surface area contributed by atoms with Gasteiger partial charge >= 0.3 is 5.97 Å². The van der Waals surface area contributed by atoms with E-state index in [-0.39, 0.29) is 5.75 Å². The molecule has 0 aromatic heterocycles. The van der Waals surface area contributed by atoms with Crippen LogP contribution in [0.2, 0.25) is 0 Å². The molecule has 8 heteroatoms. The van der Waals surface area contributed by atoms with Crippen LogP contribution in [0.1, 0.15) is 13.8 Å². The van der Waals surface area contributed by atoms with Crippen molar-refractivity contribution < 1.29 is 18.3 Å². The normalized spacial score (nSPS) is 28.6. The van der Waals surface area contributed by atoms with E-state index in [2.05, 4.69) is 0 Å². The van der Waals surface area contributed by atoms with Crippen molar-refractivity contribution in [2.75, 3.05) is 5.75 Å². The number of rotatable bonds is 3. The summed E-state index contributed by atoms with van der Waals surface area (Å²) in [6.07, 6.45) is 0. The van der Waals surface area contributed by atoms with Gasteiger partial charge in [-0.2, -0.15) is 9.57 Å². The number of aliphatic carboxylic acids is 1. The van der Waals surface area contributed by atoms with Crippen molar-refractivity contribution in [3.63, 3.8) is 0 Å². The molecule has 1 heterocycles. The average molecular weight is 264 g/mol. The topological polar surface area (TPSA) is 98.5 Å². The third-order valence-electron chi connectivity index (χ3n) is 2.37. The zero-order valence-corrected chi connectivity index (χ0v) is 10.5. The summed E-state index contributed by atoms with van der Waals surface area (Å²) in [5.74, 6) is -0.959. The number of hydrogen-bond acceptors (Lipinski definition) is 5. The smallest absolute Gasteiger partial charge is 0.322 e. The fraction of sp³-hybridized carbons (Fsp3) is 0.750. The molecular weight excluding hydrogens is 252 g/mol. The van der Waals surface area contributed by atoms with Gasteiger partial charge in [-0.1, -0.05) is 0 Å². The van der Waals surface area contributed by atoms with Gasteiger partial charge in [0.25, 0.3) is 0 Å². The van der Waals surface area contributed by atoms with Crippen molar-refractivity contribution >= 4 is 27.8 Å². The first-order valence-electron chi connectivity index (χ1n) is 4.58. The summed E-state index contributed by atoms with van der Waals surface area (Å²) in [5.41, 5.74) is 0. The minimum Gasteiger partial charge on any atom is -0.480 e. The van der Waals surface area contributed by atoms with E-state index in [1.807, 2.05) is 0 Å². The van der Waals surface area contributed by atoms with E-state index in [0.717, 1.165) is 4.31 Å². The lowest BCUT2D eigenvalue weighted by Crippen LogP contribution is -2.47. The van der Waals surface area contributed by atoms with Crippen molar-refractivity contribution in [3.8, 4) is 6.07 Å². The largest absolute Gasteiger partial charge is 0.480 e. The summed E-state index contributed by atoms with van der Waals surface area (Å²) in [6.45, 7) is 2.87. The molecular formula is C8H12N2O4S2. The van der Waals surface area contributed by atoms with Crippen LogP contribution in [0.15, 0.2) is 0 Å². The molecule has 0 aromatic rings. The first kappa shape index (κ1) is 13.3. The van der Waals surface area contributed by atoms with Crippen LogP contribution in [-0.4, -0.2) is 46.2 Å². The molecule has 1 N–H and O–H groups in total. The van der Waals surface area contributed by atoms with Gasteiger partial charge in [-0.25, -0.2) is 8.42 Å². The number of carboxylic acids is 1. The molecule has 16 heavy (non-hydrogen) atoms. The highest BCUT2D eigenvalue weighted by atomic mass is 32.2. The number of hydrogen-bond donors (Lipinski definition) is 1. The van der Waals surface area contributed by atoms with Crippen LogP contribution in [0.25, 0.3) is 0 Å². The van der Waals surface area contributed by atoms with E-state index in [0.29, 0.717) is 0 Å². The van der Waals surface area contributed by atoms with Crippen LogP contribution in [0.4, 0.5) is 0 Å². The molecule has 0 amide bonds. The van der Waals surface area contributed by atoms with Gasteiger partial charge in [0.15, 0.2) is 5.25 Å². The number of nitrogens with zero attached hydrogens (tertiary/aromatic N) is 2. The summed E-state index contributed by atoms with van der Waals surface area (Å²) < 4.78 is 24.8. The Morgan fingerprint density at radius 3 is 2.69 bits per heavy atom. The lowest BCUT2D eigenvalue weighted by Gasteiger charge is -2.25. The average Bonchev–Trinajstić information content (AvgIpc) is 2.59. The number of sulfonamides is 1. The molecule has 0 bridgehead atoms. The molecule has 0 spiro atoms. The molecule has 6 nitrogen and oxygen atoms in total. The Bertz CT molecular complexity index is 428. The quantitative estimate of drug-likeness (QED) is 0.775. The standard InChI is InChI=1S/C8H12N2O4S2/c1-5(3-9)16(13,14)10-6(2)15-4-7(10)8(11)12/h5-7H,4H2,1-2H3,(H,11,12). The summed E-state index contributed by atoms with van der Waals surface area (Å²) >= 11 is 1.25. The number of carbonyl (C=O) groups is 1. The van der Waals surface area contributed by atoms with Crippen molar-refractivity contribution in [2.45, 2.75) is 30.5 Å². The lowest BCUT2D eigenvalue weighted by atomic mass is 10.3. The van der Waals surface area contributed by atoms with Gasteiger partial charge in [0.2, 0.25) is 10.0 Å². The summed E-state index contributed by atoms with van der Waals surface area (Å²) in [6, 6.07) is 0.562. The van der Waals surface area contributed by atoms with Crippen LogP contribution in [0, 0.1) is 11.3 Å². The van der Waals surface area contributed by atoms with Crippen molar-refractivity contribution in [2.24, 2.45) is 0 Å². The highest BCUT2D eigenvalue weighted by Gasteiger charge is 2.45. The maximum absolute atomic E-state index is 11.9. The van der Waals surface area contributed by atoms with Crippen LogP contribution in [-0.2, 0) is 14.8 Å². The van der Waals surface area contributed by atoms with Crippen LogP contribution in [0.5, 0.6) is 0 Å². The van der Waals surface area contributed by atoms with E-state index >= 15 is 0 Å². The van der Waals surface area contributed by atoms with Gasteiger partial charge in [0, 0.05) is 5.75 Å². The molecule has 1 rings (SSSR count). The summed E-state index contributed by atoms with van der Waals surface area (Å²) in [4.78, 5) is 10.9. The third kappa shape index (κ3) is 2.16. The minimum absolute atomic E-state index is 0.216. The molecule has 1 fully saturated rings. The highest BCUT2D eigenvalue weighted by molar-refractivity contribution is 8.01. The Labute approximate surface area is 98.3 Å². The van der Waals surface area contributed by atoms with E-state index in [9.17, 15) is 13.2 Å². The molecule has 0 aliphatic carbocycles. The van der Waals surface area contributed by atoms with Crippen molar-refractivity contribution in [1.82, 2.24) is 4.31 Å². The number of carboxylic acid groups (broad SMARTS) is 1. The summed E-state index contributed by atoms with van der Waals surface area (Å²) in [7, 11) is -3.86. The first-order chi connectivity index (χ1) is 7.32. The predicted molar refractivity (Wildman–Crippen MR) is 59.2 cm³/mol. The number of thioether (sulfide) groups is 1. The van der Waals surface area contributed by atoms with Gasteiger partial charge in [-0.05, 0) is 13.8 Å². The zero-order chi connectivity index (χ0) is 12.5. The minimum atomic E-state index is -3.86. The Balaban J connectivity index is 3.10. The van der Waals surface area contributed by atoms with E-state index in [1.165, 1.54) is 18.7 Å². The molecule has 0 radical (unpaired) electrons. The zero-order valence-electron chi connectivity index (χ0n) is 8.82. The molecule has 3 atom stereocenters.